The summed E-state index contributed by atoms with van der Waals surface area (Å²) in [5.74, 6) is -0.00649. The van der Waals surface area contributed by atoms with Crippen molar-refractivity contribution in [1.29, 1.82) is 0 Å². The van der Waals surface area contributed by atoms with Crippen LogP contribution in [0.3, 0.4) is 0 Å². The summed E-state index contributed by atoms with van der Waals surface area (Å²) >= 11 is 0. The molecule has 1 aromatic carbocycles. The van der Waals surface area contributed by atoms with Gasteiger partial charge in [0.2, 0.25) is 5.91 Å². The van der Waals surface area contributed by atoms with Crippen LogP contribution in [0, 0.1) is 0 Å². The molecule has 2 N–H and O–H groups in total. The van der Waals surface area contributed by atoms with Gasteiger partial charge in [-0.2, -0.15) is 5.10 Å². The Morgan fingerprint density at radius 1 is 1.30 bits per heavy atom. The minimum atomic E-state index is -0.294. The van der Waals surface area contributed by atoms with Gasteiger partial charge in [-0.25, -0.2) is 0 Å². The summed E-state index contributed by atoms with van der Waals surface area (Å²) in [6, 6.07) is 9.95. The number of β-amino-alcohol motifs (C(OH)–C–C–N with tert-alkyl or cyclic N) is 1. The first kappa shape index (κ1) is 15.7. The average Bonchev–Trinajstić information content (AvgIpc) is 3.18. The third kappa shape index (κ3) is 4.40. The first-order valence-electron chi connectivity index (χ1n) is 7.92. The van der Waals surface area contributed by atoms with Crippen LogP contribution in [0.2, 0.25) is 0 Å². The molecule has 1 atom stereocenters. The summed E-state index contributed by atoms with van der Waals surface area (Å²) in [6.07, 6.45) is 4.14. The maximum atomic E-state index is 12.1. The molecule has 0 unspecified atom stereocenters. The Labute approximate surface area is 135 Å². The molecule has 1 aromatic heterocycles. The molecule has 2 aromatic rings. The van der Waals surface area contributed by atoms with Gasteiger partial charge in [0.15, 0.2) is 0 Å². The van der Waals surface area contributed by atoms with Crippen LogP contribution in [0.15, 0.2) is 42.7 Å². The first-order chi connectivity index (χ1) is 11.2. The quantitative estimate of drug-likeness (QED) is 0.820. The second kappa shape index (κ2) is 7.39. The maximum absolute atomic E-state index is 12.1. The summed E-state index contributed by atoms with van der Waals surface area (Å²) in [6.45, 7) is 2.91. The third-order valence-corrected chi connectivity index (χ3v) is 4.10. The molecule has 0 radical (unpaired) electrons. The normalized spacial score (nSPS) is 18.2. The van der Waals surface area contributed by atoms with Crippen molar-refractivity contribution < 1.29 is 9.90 Å². The number of aliphatic hydroxyl groups is 1. The number of hydrogen-bond donors (Lipinski definition) is 2. The fourth-order valence-corrected chi connectivity index (χ4v) is 2.86. The molecule has 1 amide bonds. The smallest absolute Gasteiger partial charge is 0.234 e. The Kier molecular flexibility index (Phi) is 5.05. The molecule has 122 valence electrons. The molecule has 1 fully saturated rings. The molecular weight excluding hydrogens is 292 g/mol. The highest BCUT2D eigenvalue weighted by Gasteiger charge is 2.21. The van der Waals surface area contributed by atoms with Gasteiger partial charge < -0.3 is 10.4 Å². The molecule has 0 spiro atoms. The van der Waals surface area contributed by atoms with Gasteiger partial charge in [-0.15, -0.1) is 0 Å². The van der Waals surface area contributed by atoms with Crippen LogP contribution in [0.1, 0.15) is 17.5 Å². The second-order valence-electron chi connectivity index (χ2n) is 5.93. The molecular formula is C17H22N4O2. The van der Waals surface area contributed by atoms with Gasteiger partial charge in [0, 0.05) is 32.0 Å². The monoisotopic (exact) mass is 314 g/mol. The van der Waals surface area contributed by atoms with Gasteiger partial charge in [-0.05, 0) is 23.6 Å². The fraction of sp³-hybridized carbons (Fsp3) is 0.412. The lowest BCUT2D eigenvalue weighted by Crippen LogP contribution is -2.36. The predicted molar refractivity (Wildman–Crippen MR) is 86.7 cm³/mol. The number of amides is 1. The van der Waals surface area contributed by atoms with Crippen LogP contribution >= 0.6 is 0 Å². The molecule has 1 saturated heterocycles. The summed E-state index contributed by atoms with van der Waals surface area (Å²) in [4.78, 5) is 14.0. The van der Waals surface area contributed by atoms with Crippen LogP contribution in [0.25, 0.3) is 0 Å². The van der Waals surface area contributed by atoms with E-state index >= 15 is 0 Å². The number of carbonyl (C=O) groups is 1. The number of carbonyl (C=O) groups excluding carboxylic acids is 1. The van der Waals surface area contributed by atoms with Crippen molar-refractivity contribution in [2.45, 2.75) is 25.6 Å². The predicted octanol–water partition coefficient (Wildman–Crippen LogP) is 0.614. The number of aromatic nitrogens is 2. The van der Waals surface area contributed by atoms with Crippen LogP contribution in [0.5, 0.6) is 0 Å². The van der Waals surface area contributed by atoms with E-state index in [1.807, 2.05) is 40.0 Å². The Morgan fingerprint density at radius 2 is 2.13 bits per heavy atom. The Bertz CT molecular complexity index is 642. The number of nitrogens with one attached hydrogen (secondary N) is 1. The standard InChI is InChI=1S/C17H22N4O2/c22-16-6-9-20(12-16)13-17(23)18-10-14-4-1-2-5-15(14)11-21-8-3-7-19-21/h1-5,7-8,16,22H,6,9-13H2,(H,18,23)/t16-/m0/s1. The van der Waals surface area contributed by atoms with Gasteiger partial charge in [0.05, 0.1) is 19.2 Å². The number of hydrogen-bond acceptors (Lipinski definition) is 4. The maximum Gasteiger partial charge on any atom is 0.234 e. The summed E-state index contributed by atoms with van der Waals surface area (Å²) in [7, 11) is 0. The topological polar surface area (TPSA) is 70.4 Å². The Balaban J connectivity index is 1.54. The lowest BCUT2D eigenvalue weighted by molar-refractivity contribution is -0.122. The van der Waals surface area contributed by atoms with E-state index in [1.54, 1.807) is 6.20 Å². The molecule has 3 rings (SSSR count). The van der Waals surface area contributed by atoms with Gasteiger partial charge in [0.1, 0.15) is 0 Å². The van der Waals surface area contributed by atoms with Gasteiger partial charge in [-0.1, -0.05) is 24.3 Å². The van der Waals surface area contributed by atoms with Gasteiger partial charge in [-0.3, -0.25) is 14.4 Å². The van der Waals surface area contributed by atoms with Crippen molar-refractivity contribution in [1.82, 2.24) is 20.0 Å². The number of rotatable bonds is 6. The highest BCUT2D eigenvalue weighted by molar-refractivity contribution is 5.78. The van der Waals surface area contributed by atoms with Crippen LogP contribution < -0.4 is 5.32 Å². The lowest BCUT2D eigenvalue weighted by atomic mass is 10.1. The summed E-state index contributed by atoms with van der Waals surface area (Å²) in [5.41, 5.74) is 2.24. The largest absolute Gasteiger partial charge is 0.392 e. The summed E-state index contributed by atoms with van der Waals surface area (Å²) < 4.78 is 1.87. The molecule has 23 heavy (non-hydrogen) atoms. The van der Waals surface area contributed by atoms with Crippen molar-refractivity contribution in [2.24, 2.45) is 0 Å². The van der Waals surface area contributed by atoms with Crippen LogP contribution in [0.4, 0.5) is 0 Å². The van der Waals surface area contributed by atoms with Crippen LogP contribution in [-0.2, 0) is 17.9 Å². The zero-order chi connectivity index (χ0) is 16.1. The minimum Gasteiger partial charge on any atom is -0.392 e. The summed E-state index contributed by atoms with van der Waals surface area (Å²) in [5, 5.41) is 16.7. The van der Waals surface area contributed by atoms with Gasteiger partial charge in [0.25, 0.3) is 0 Å². The molecule has 6 heteroatoms. The van der Waals surface area contributed by atoms with Crippen molar-refractivity contribution in [2.75, 3.05) is 19.6 Å². The van der Waals surface area contributed by atoms with E-state index in [4.69, 9.17) is 0 Å². The minimum absolute atomic E-state index is 0.00649. The highest BCUT2D eigenvalue weighted by atomic mass is 16.3. The van der Waals surface area contributed by atoms with Crippen molar-refractivity contribution >= 4 is 5.91 Å². The van der Waals surface area contributed by atoms with Crippen LogP contribution in [-0.4, -0.2) is 51.4 Å². The van der Waals surface area contributed by atoms with E-state index in [2.05, 4.69) is 16.5 Å². The fourth-order valence-electron chi connectivity index (χ4n) is 2.86. The zero-order valence-electron chi connectivity index (χ0n) is 13.1. The van der Waals surface area contributed by atoms with Crippen molar-refractivity contribution in [3.05, 3.63) is 53.9 Å². The van der Waals surface area contributed by atoms with Gasteiger partial charge >= 0.3 is 0 Å². The lowest BCUT2D eigenvalue weighted by Gasteiger charge is -2.15. The molecule has 0 aliphatic carbocycles. The van der Waals surface area contributed by atoms with E-state index in [9.17, 15) is 9.90 Å². The van der Waals surface area contributed by atoms with E-state index < -0.39 is 0 Å². The molecule has 1 aliphatic rings. The Hall–Kier alpha value is -2.18. The van der Waals surface area contributed by atoms with Crippen molar-refractivity contribution in [3.8, 4) is 0 Å². The molecule has 6 nitrogen and oxygen atoms in total. The molecule has 0 bridgehead atoms. The number of aliphatic hydroxyl groups excluding tert-OH is 1. The van der Waals surface area contributed by atoms with E-state index in [-0.39, 0.29) is 12.0 Å². The third-order valence-electron chi connectivity index (χ3n) is 4.10. The van der Waals surface area contributed by atoms with Crippen molar-refractivity contribution in [3.63, 3.8) is 0 Å². The molecule has 0 saturated carbocycles. The molecule has 1 aliphatic heterocycles. The highest BCUT2D eigenvalue weighted by Crippen LogP contribution is 2.11. The van der Waals surface area contributed by atoms with E-state index in [0.29, 0.717) is 26.2 Å². The molecule has 2 heterocycles. The second-order valence-corrected chi connectivity index (χ2v) is 5.93. The number of likely N-dealkylation sites (tertiary alicyclic amines) is 1. The van der Waals surface area contributed by atoms with E-state index in [0.717, 1.165) is 24.1 Å². The number of benzene rings is 1. The Morgan fingerprint density at radius 3 is 2.83 bits per heavy atom. The SMILES string of the molecule is O=C(CN1CC[C@H](O)C1)NCc1ccccc1Cn1cccn1. The average molecular weight is 314 g/mol. The first-order valence-corrected chi connectivity index (χ1v) is 7.92. The number of nitrogens with zero attached hydrogens (tertiary/aromatic N) is 3. The zero-order valence-corrected chi connectivity index (χ0v) is 13.1. The van der Waals surface area contributed by atoms with E-state index in [1.165, 1.54) is 0 Å².